The Morgan fingerprint density at radius 2 is 1.60 bits per heavy atom. The number of benzene rings is 1. The van der Waals surface area contributed by atoms with Crippen LogP contribution in [0, 0.1) is 0 Å². The summed E-state index contributed by atoms with van der Waals surface area (Å²) in [5.74, 6) is 0.433. The topological polar surface area (TPSA) is 52.9 Å². The van der Waals surface area contributed by atoms with Gasteiger partial charge >= 0.3 is 0 Å². The minimum Gasteiger partial charge on any atom is -0.507 e. The van der Waals surface area contributed by atoms with Crippen LogP contribution in [0.3, 0.4) is 0 Å². The number of nitrogens with zero attached hydrogens (tertiary/aromatic N) is 2. The van der Waals surface area contributed by atoms with Crippen LogP contribution in [0.1, 0.15) is 71.1 Å². The first kappa shape index (κ1) is 20.0. The molecular weight excluding hydrogens is 380 g/mol. The lowest BCUT2D eigenvalue weighted by molar-refractivity contribution is -0.131. The SMILES string of the molecule is CC(C)(C)c1cc(C2=NN(CCBr)C(=O)CC2)cc(C(C)(C)C)c1O. The molecule has 2 rings (SSSR count). The smallest absolute Gasteiger partial charge is 0.243 e. The molecule has 0 atom stereocenters. The summed E-state index contributed by atoms with van der Waals surface area (Å²) < 4.78 is 0. The third-order valence-electron chi connectivity index (χ3n) is 4.46. The van der Waals surface area contributed by atoms with Gasteiger partial charge in [-0.25, -0.2) is 5.01 Å². The zero-order chi connectivity index (χ0) is 19.0. The van der Waals surface area contributed by atoms with Gasteiger partial charge in [-0.15, -0.1) is 0 Å². The number of carbonyl (C=O) groups excluding carboxylic acids is 1. The van der Waals surface area contributed by atoms with Crippen molar-refractivity contribution in [2.24, 2.45) is 5.10 Å². The molecule has 0 aliphatic carbocycles. The highest BCUT2D eigenvalue weighted by atomic mass is 79.9. The van der Waals surface area contributed by atoms with Crippen molar-refractivity contribution in [2.75, 3.05) is 11.9 Å². The number of hydrogen-bond acceptors (Lipinski definition) is 3. The predicted molar refractivity (Wildman–Crippen MR) is 107 cm³/mol. The Hall–Kier alpha value is -1.36. The van der Waals surface area contributed by atoms with E-state index < -0.39 is 0 Å². The van der Waals surface area contributed by atoms with Gasteiger partial charge in [0.05, 0.1) is 12.3 Å². The fourth-order valence-electron chi connectivity index (χ4n) is 3.01. The van der Waals surface area contributed by atoms with Crippen molar-refractivity contribution in [1.82, 2.24) is 5.01 Å². The van der Waals surface area contributed by atoms with E-state index in [4.69, 9.17) is 0 Å². The molecule has 0 aromatic heterocycles. The van der Waals surface area contributed by atoms with Crippen LogP contribution in [0.5, 0.6) is 5.75 Å². The van der Waals surface area contributed by atoms with Gasteiger partial charge in [0, 0.05) is 29.3 Å². The highest BCUT2D eigenvalue weighted by Gasteiger charge is 2.29. The second-order valence-corrected chi connectivity index (χ2v) is 9.47. The van der Waals surface area contributed by atoms with Gasteiger partial charge in [0.1, 0.15) is 5.75 Å². The first-order valence-electron chi connectivity index (χ1n) is 8.77. The van der Waals surface area contributed by atoms with Gasteiger partial charge in [-0.2, -0.15) is 5.10 Å². The molecule has 1 aromatic carbocycles. The molecule has 0 saturated heterocycles. The lowest BCUT2D eigenvalue weighted by Crippen LogP contribution is -2.33. The summed E-state index contributed by atoms with van der Waals surface area (Å²) in [5.41, 5.74) is 3.39. The molecule has 0 spiro atoms. The van der Waals surface area contributed by atoms with Crippen molar-refractivity contribution in [2.45, 2.75) is 65.2 Å². The number of phenolic OH excluding ortho intramolecular Hbond substituents is 1. The number of hydrogen-bond donors (Lipinski definition) is 1. The normalized spacial score (nSPS) is 16.2. The van der Waals surface area contributed by atoms with Crippen LogP contribution in [0.2, 0.25) is 0 Å². The van der Waals surface area contributed by atoms with Crippen LogP contribution >= 0.6 is 15.9 Å². The van der Waals surface area contributed by atoms with Gasteiger partial charge in [0.15, 0.2) is 0 Å². The molecule has 0 unspecified atom stereocenters. The molecule has 5 heteroatoms. The third-order valence-corrected chi connectivity index (χ3v) is 4.82. The number of carbonyl (C=O) groups is 1. The molecule has 1 aromatic rings. The van der Waals surface area contributed by atoms with Gasteiger partial charge in [0.25, 0.3) is 0 Å². The molecule has 1 amide bonds. The van der Waals surface area contributed by atoms with E-state index in [1.165, 1.54) is 0 Å². The maximum absolute atomic E-state index is 12.0. The van der Waals surface area contributed by atoms with Crippen LogP contribution in [0.4, 0.5) is 0 Å². The number of aromatic hydroxyl groups is 1. The molecule has 0 saturated carbocycles. The molecule has 0 bridgehead atoms. The summed E-state index contributed by atoms with van der Waals surface area (Å²) >= 11 is 3.38. The lowest BCUT2D eigenvalue weighted by atomic mass is 9.77. The summed E-state index contributed by atoms with van der Waals surface area (Å²) in [6.07, 6.45) is 1.11. The average molecular weight is 409 g/mol. The Bertz CT molecular complexity index is 662. The number of phenols is 1. The van der Waals surface area contributed by atoms with Gasteiger partial charge in [-0.05, 0) is 28.5 Å². The molecule has 0 fully saturated rings. The van der Waals surface area contributed by atoms with E-state index in [0.29, 0.717) is 30.5 Å². The first-order valence-corrected chi connectivity index (χ1v) is 9.89. The van der Waals surface area contributed by atoms with Crippen LogP contribution in [-0.2, 0) is 15.6 Å². The number of amides is 1. The van der Waals surface area contributed by atoms with E-state index in [0.717, 1.165) is 22.4 Å². The minimum atomic E-state index is -0.180. The molecule has 0 radical (unpaired) electrons. The molecule has 1 heterocycles. The summed E-state index contributed by atoms with van der Waals surface area (Å²) in [6.45, 7) is 13.2. The summed E-state index contributed by atoms with van der Waals surface area (Å²) in [4.78, 5) is 12.0. The predicted octanol–water partition coefficient (Wildman–Crippen LogP) is 4.71. The Balaban J connectivity index is 2.62. The quantitative estimate of drug-likeness (QED) is 0.736. The van der Waals surface area contributed by atoms with Crippen molar-refractivity contribution in [3.8, 4) is 5.75 Å². The molecule has 25 heavy (non-hydrogen) atoms. The Kier molecular flexibility index (Phi) is 5.67. The third kappa shape index (κ3) is 4.43. The fourth-order valence-corrected chi connectivity index (χ4v) is 3.34. The first-order chi connectivity index (χ1) is 11.4. The van der Waals surface area contributed by atoms with Crippen LogP contribution in [0.15, 0.2) is 17.2 Å². The summed E-state index contributed by atoms with van der Waals surface area (Å²) in [6, 6.07) is 4.07. The number of hydrazone groups is 1. The average Bonchev–Trinajstić information content (AvgIpc) is 2.47. The molecular formula is C20H29BrN2O2. The molecule has 1 aliphatic heterocycles. The van der Waals surface area contributed by atoms with E-state index in [1.807, 2.05) is 12.1 Å². The largest absolute Gasteiger partial charge is 0.507 e. The standard InChI is InChI=1S/C20H29BrN2O2/c1-19(2,3)14-11-13(12-15(18(14)25)20(4,5)6)16-7-8-17(24)23(22-16)10-9-21/h11-12,25H,7-10H2,1-6H3. The summed E-state index contributed by atoms with van der Waals surface area (Å²) in [7, 11) is 0. The molecule has 138 valence electrons. The Labute approximate surface area is 159 Å². The highest BCUT2D eigenvalue weighted by Crippen LogP contribution is 2.40. The van der Waals surface area contributed by atoms with Crippen molar-refractivity contribution < 1.29 is 9.90 Å². The zero-order valence-electron chi connectivity index (χ0n) is 16.1. The van der Waals surface area contributed by atoms with Crippen molar-refractivity contribution in [3.05, 3.63) is 28.8 Å². The number of alkyl halides is 1. The number of halogens is 1. The Morgan fingerprint density at radius 3 is 2.04 bits per heavy atom. The van der Waals surface area contributed by atoms with Crippen molar-refractivity contribution in [3.63, 3.8) is 0 Å². The fraction of sp³-hybridized carbons (Fsp3) is 0.600. The monoisotopic (exact) mass is 408 g/mol. The maximum atomic E-state index is 12.0. The molecule has 1 N–H and O–H groups in total. The van der Waals surface area contributed by atoms with Crippen LogP contribution in [0.25, 0.3) is 0 Å². The second kappa shape index (κ2) is 7.10. The highest BCUT2D eigenvalue weighted by molar-refractivity contribution is 9.09. The van der Waals surface area contributed by atoms with Gasteiger partial charge in [-0.1, -0.05) is 57.5 Å². The lowest BCUT2D eigenvalue weighted by Gasteiger charge is -2.29. The number of rotatable bonds is 3. The Morgan fingerprint density at radius 1 is 1.08 bits per heavy atom. The van der Waals surface area contributed by atoms with Crippen LogP contribution < -0.4 is 0 Å². The maximum Gasteiger partial charge on any atom is 0.243 e. The molecule has 4 nitrogen and oxygen atoms in total. The van der Waals surface area contributed by atoms with Crippen LogP contribution in [-0.4, -0.2) is 33.6 Å². The van der Waals surface area contributed by atoms with E-state index in [1.54, 1.807) is 5.01 Å². The van der Waals surface area contributed by atoms with Crippen molar-refractivity contribution in [1.29, 1.82) is 0 Å². The zero-order valence-corrected chi connectivity index (χ0v) is 17.7. The van der Waals surface area contributed by atoms with Gasteiger partial charge < -0.3 is 5.11 Å². The molecule has 1 aliphatic rings. The van der Waals surface area contributed by atoms with Gasteiger partial charge in [-0.3, -0.25) is 4.79 Å². The van der Waals surface area contributed by atoms with E-state index in [-0.39, 0.29) is 16.7 Å². The minimum absolute atomic E-state index is 0.0640. The second-order valence-electron chi connectivity index (χ2n) is 8.67. The van der Waals surface area contributed by atoms with E-state index >= 15 is 0 Å². The van der Waals surface area contributed by atoms with Gasteiger partial charge in [0.2, 0.25) is 5.91 Å². The van der Waals surface area contributed by atoms with Crippen molar-refractivity contribution >= 4 is 27.5 Å². The summed E-state index contributed by atoms with van der Waals surface area (Å²) in [5, 5.41) is 17.7. The van der Waals surface area contributed by atoms with E-state index in [9.17, 15) is 9.90 Å². The van der Waals surface area contributed by atoms with E-state index in [2.05, 4.69) is 62.6 Å².